The fraction of sp³-hybridized carbons (Fsp3) is 0.217. The molecule has 0 unspecified atom stereocenters. The minimum atomic E-state index is 0.308. The fourth-order valence-electron chi connectivity index (χ4n) is 2.86. The van der Waals surface area contributed by atoms with Gasteiger partial charge in [0.25, 0.3) is 0 Å². The zero-order valence-electron chi connectivity index (χ0n) is 16.1. The number of halogens is 3. The van der Waals surface area contributed by atoms with E-state index in [1.165, 1.54) is 5.56 Å². The van der Waals surface area contributed by atoms with Gasteiger partial charge in [0, 0.05) is 13.1 Å². The summed E-state index contributed by atoms with van der Waals surface area (Å²) in [6.07, 6.45) is 0. The Morgan fingerprint density at radius 2 is 1.45 bits per heavy atom. The van der Waals surface area contributed by atoms with E-state index >= 15 is 0 Å². The van der Waals surface area contributed by atoms with Gasteiger partial charge in [0.15, 0.2) is 11.5 Å². The van der Waals surface area contributed by atoms with Gasteiger partial charge in [0.2, 0.25) is 0 Å². The molecule has 0 saturated carbocycles. The first-order valence-corrected chi connectivity index (χ1v) is 10.5. The summed E-state index contributed by atoms with van der Waals surface area (Å²) in [6, 6.07) is 19.5. The zero-order valence-corrected chi connectivity index (χ0v) is 18.3. The van der Waals surface area contributed by atoms with Crippen molar-refractivity contribution in [3.63, 3.8) is 0 Å². The molecule has 1 N–H and O–H groups in total. The summed E-state index contributed by atoms with van der Waals surface area (Å²) >= 11 is 18.6. The van der Waals surface area contributed by atoms with Gasteiger partial charge in [0.05, 0.1) is 21.7 Å². The third-order valence-corrected chi connectivity index (χ3v) is 5.26. The van der Waals surface area contributed by atoms with Crippen molar-refractivity contribution in [3.8, 4) is 11.5 Å². The number of hydrogen-bond donors (Lipinski definition) is 1. The molecule has 0 aliphatic carbocycles. The predicted molar refractivity (Wildman–Crippen MR) is 120 cm³/mol. The zero-order chi connectivity index (χ0) is 20.6. The second-order valence-corrected chi connectivity index (χ2v) is 7.69. The summed E-state index contributed by atoms with van der Waals surface area (Å²) in [5.74, 6) is 1.14. The topological polar surface area (TPSA) is 30.5 Å². The van der Waals surface area contributed by atoms with Crippen LogP contribution in [0.2, 0.25) is 15.1 Å². The molecule has 29 heavy (non-hydrogen) atoms. The van der Waals surface area contributed by atoms with Crippen molar-refractivity contribution in [2.24, 2.45) is 0 Å². The van der Waals surface area contributed by atoms with Gasteiger partial charge >= 0.3 is 0 Å². The Morgan fingerprint density at radius 1 is 0.724 bits per heavy atom. The monoisotopic (exact) mass is 449 g/mol. The molecular weight excluding hydrogens is 429 g/mol. The molecule has 3 nitrogen and oxygen atoms in total. The van der Waals surface area contributed by atoms with Crippen LogP contribution in [0.25, 0.3) is 0 Å². The number of benzene rings is 3. The van der Waals surface area contributed by atoms with Crippen LogP contribution in [0, 0.1) is 0 Å². The molecule has 0 fully saturated rings. The lowest BCUT2D eigenvalue weighted by molar-refractivity contribution is 0.269. The Morgan fingerprint density at radius 3 is 2.17 bits per heavy atom. The molecule has 0 spiro atoms. The maximum atomic E-state index is 6.51. The van der Waals surface area contributed by atoms with Gasteiger partial charge in [-0.1, -0.05) is 71.2 Å². The number of hydrogen-bond acceptors (Lipinski definition) is 3. The molecule has 0 heterocycles. The smallest absolute Gasteiger partial charge is 0.180 e. The minimum absolute atomic E-state index is 0.308. The Balaban J connectivity index is 1.69. The van der Waals surface area contributed by atoms with Crippen LogP contribution in [0.1, 0.15) is 23.6 Å². The van der Waals surface area contributed by atoms with Crippen molar-refractivity contribution in [2.75, 3.05) is 6.61 Å². The highest BCUT2D eigenvalue weighted by atomic mass is 35.5. The van der Waals surface area contributed by atoms with Crippen molar-refractivity contribution in [3.05, 3.63) is 92.4 Å². The maximum absolute atomic E-state index is 6.51. The maximum Gasteiger partial charge on any atom is 0.180 e. The summed E-state index contributed by atoms with van der Waals surface area (Å²) in [6.45, 7) is 4.19. The summed E-state index contributed by atoms with van der Waals surface area (Å²) in [4.78, 5) is 0. The first-order chi connectivity index (χ1) is 14.1. The molecule has 0 saturated heterocycles. The summed E-state index contributed by atoms with van der Waals surface area (Å²) in [5.41, 5.74) is 3.15. The summed E-state index contributed by atoms with van der Waals surface area (Å²) in [7, 11) is 0. The van der Waals surface area contributed by atoms with E-state index in [1.807, 2.05) is 43.3 Å². The Bertz CT molecular complexity index is 948. The molecule has 0 aliphatic heterocycles. The fourth-order valence-corrected chi connectivity index (χ4v) is 3.47. The standard InChI is InChI=1S/C23H22Cl3NO2/c1-2-28-22-12-18(14-27-13-16-6-4-3-5-7-16)11-21(26)23(22)29-15-17-8-9-19(24)20(25)10-17/h3-12,27H,2,13-15H2,1H3. The molecule has 0 aromatic heterocycles. The average Bonchev–Trinajstić information content (AvgIpc) is 2.71. The van der Waals surface area contributed by atoms with Crippen LogP contribution in [-0.4, -0.2) is 6.61 Å². The minimum Gasteiger partial charge on any atom is -0.490 e. The van der Waals surface area contributed by atoms with Gasteiger partial charge in [-0.3, -0.25) is 0 Å². The van der Waals surface area contributed by atoms with Gasteiger partial charge < -0.3 is 14.8 Å². The van der Waals surface area contributed by atoms with E-state index < -0.39 is 0 Å². The van der Waals surface area contributed by atoms with E-state index in [4.69, 9.17) is 44.3 Å². The predicted octanol–water partition coefficient (Wildman–Crippen LogP) is 6.91. The molecule has 0 aliphatic rings. The van der Waals surface area contributed by atoms with Gasteiger partial charge in [-0.25, -0.2) is 0 Å². The van der Waals surface area contributed by atoms with Crippen molar-refractivity contribution < 1.29 is 9.47 Å². The van der Waals surface area contributed by atoms with E-state index in [0.29, 0.717) is 46.3 Å². The molecule has 3 aromatic carbocycles. The van der Waals surface area contributed by atoms with Crippen LogP contribution in [0.3, 0.4) is 0 Å². The third-order valence-electron chi connectivity index (χ3n) is 4.24. The van der Waals surface area contributed by atoms with Gasteiger partial charge in [-0.15, -0.1) is 0 Å². The first kappa shape index (κ1) is 21.8. The molecule has 0 atom stereocenters. The van der Waals surface area contributed by atoms with Crippen molar-refractivity contribution >= 4 is 34.8 Å². The highest BCUT2D eigenvalue weighted by molar-refractivity contribution is 6.42. The van der Waals surface area contributed by atoms with E-state index in [0.717, 1.165) is 17.7 Å². The van der Waals surface area contributed by atoms with Crippen molar-refractivity contribution in [1.29, 1.82) is 0 Å². The number of nitrogens with one attached hydrogen (secondary N) is 1. The number of ether oxygens (including phenoxy) is 2. The van der Waals surface area contributed by atoms with Crippen molar-refractivity contribution in [2.45, 2.75) is 26.6 Å². The second-order valence-electron chi connectivity index (χ2n) is 6.46. The van der Waals surface area contributed by atoms with E-state index in [-0.39, 0.29) is 0 Å². The van der Waals surface area contributed by atoms with Gasteiger partial charge in [-0.2, -0.15) is 0 Å². The summed E-state index contributed by atoms with van der Waals surface area (Å²) < 4.78 is 11.7. The third kappa shape index (κ3) is 6.28. The van der Waals surface area contributed by atoms with E-state index in [2.05, 4.69) is 17.4 Å². The average molecular weight is 451 g/mol. The van der Waals surface area contributed by atoms with Gasteiger partial charge in [-0.05, 0) is 47.9 Å². The largest absolute Gasteiger partial charge is 0.490 e. The Kier molecular flexibility index (Phi) is 8.08. The molecule has 0 bridgehead atoms. The van der Waals surface area contributed by atoms with Crippen LogP contribution in [0.4, 0.5) is 0 Å². The molecule has 0 radical (unpaired) electrons. The summed E-state index contributed by atoms with van der Waals surface area (Å²) in [5, 5.41) is 4.93. The second kappa shape index (κ2) is 10.7. The molecular formula is C23H22Cl3NO2. The highest BCUT2D eigenvalue weighted by Gasteiger charge is 2.13. The quantitative estimate of drug-likeness (QED) is 0.384. The van der Waals surface area contributed by atoms with E-state index in [1.54, 1.807) is 12.1 Å². The Labute approximate surface area is 186 Å². The van der Waals surface area contributed by atoms with Crippen LogP contribution in [0.15, 0.2) is 60.7 Å². The first-order valence-electron chi connectivity index (χ1n) is 9.33. The molecule has 152 valence electrons. The molecule has 6 heteroatoms. The molecule has 3 aromatic rings. The SMILES string of the molecule is CCOc1cc(CNCc2ccccc2)cc(Cl)c1OCc1ccc(Cl)c(Cl)c1. The lowest BCUT2D eigenvalue weighted by Crippen LogP contribution is -2.13. The Hall–Kier alpha value is -1.91. The lowest BCUT2D eigenvalue weighted by atomic mass is 10.1. The van der Waals surface area contributed by atoms with Crippen LogP contribution < -0.4 is 14.8 Å². The number of rotatable bonds is 9. The molecule has 3 rings (SSSR count). The van der Waals surface area contributed by atoms with Crippen LogP contribution in [-0.2, 0) is 19.7 Å². The van der Waals surface area contributed by atoms with Crippen LogP contribution in [0.5, 0.6) is 11.5 Å². The van der Waals surface area contributed by atoms with Crippen molar-refractivity contribution in [1.82, 2.24) is 5.32 Å². The lowest BCUT2D eigenvalue weighted by Gasteiger charge is -2.16. The molecule has 0 amide bonds. The van der Waals surface area contributed by atoms with Gasteiger partial charge in [0.1, 0.15) is 6.61 Å². The highest BCUT2D eigenvalue weighted by Crippen LogP contribution is 2.37. The van der Waals surface area contributed by atoms with E-state index in [9.17, 15) is 0 Å². The normalized spacial score (nSPS) is 10.8. The van der Waals surface area contributed by atoms with Crippen LogP contribution >= 0.6 is 34.8 Å².